The van der Waals surface area contributed by atoms with Crippen molar-refractivity contribution in [2.75, 3.05) is 19.6 Å². The maximum atomic E-state index is 3.75. The van der Waals surface area contributed by atoms with Gasteiger partial charge in [0.1, 0.15) is 0 Å². The number of nitrogens with zero attached hydrogens (tertiary/aromatic N) is 1. The standard InChI is InChI=1S/C17H36N2/c1-5-8-9-10-11-12-13-19-15-17(4,7-3)18-14-16(19)6-2/h16,18H,5-15H2,1-4H3. The summed E-state index contributed by atoms with van der Waals surface area (Å²) in [6, 6.07) is 0.760. The second-order valence-electron chi connectivity index (χ2n) is 6.60. The third-order valence-electron chi connectivity index (χ3n) is 4.88. The maximum Gasteiger partial charge on any atom is 0.0278 e. The molecule has 2 atom stereocenters. The molecular formula is C17H36N2. The Morgan fingerprint density at radius 1 is 1.05 bits per heavy atom. The molecule has 0 aromatic rings. The molecule has 1 saturated heterocycles. The number of nitrogens with one attached hydrogen (secondary N) is 1. The lowest BCUT2D eigenvalue weighted by Gasteiger charge is -2.46. The highest BCUT2D eigenvalue weighted by molar-refractivity contribution is 4.93. The van der Waals surface area contributed by atoms with Crippen molar-refractivity contribution < 1.29 is 0 Å². The third-order valence-corrected chi connectivity index (χ3v) is 4.88. The molecule has 1 N–H and O–H groups in total. The van der Waals surface area contributed by atoms with E-state index in [9.17, 15) is 0 Å². The van der Waals surface area contributed by atoms with E-state index in [-0.39, 0.29) is 0 Å². The van der Waals surface area contributed by atoms with Crippen molar-refractivity contribution in [2.24, 2.45) is 0 Å². The summed E-state index contributed by atoms with van der Waals surface area (Å²) in [6.45, 7) is 13.0. The first-order chi connectivity index (χ1) is 9.15. The smallest absolute Gasteiger partial charge is 0.0278 e. The van der Waals surface area contributed by atoms with Crippen molar-refractivity contribution in [1.29, 1.82) is 0 Å². The third kappa shape index (κ3) is 5.83. The molecule has 0 bridgehead atoms. The average Bonchev–Trinajstić information content (AvgIpc) is 2.43. The van der Waals surface area contributed by atoms with E-state index in [0.29, 0.717) is 5.54 Å². The lowest BCUT2D eigenvalue weighted by molar-refractivity contribution is 0.0803. The van der Waals surface area contributed by atoms with E-state index in [2.05, 4.69) is 37.9 Å². The Hall–Kier alpha value is -0.0800. The molecule has 0 amide bonds. The molecule has 0 saturated carbocycles. The number of piperazine rings is 1. The van der Waals surface area contributed by atoms with E-state index in [1.807, 2.05) is 0 Å². The first-order valence-electron chi connectivity index (χ1n) is 8.64. The number of rotatable bonds is 9. The number of hydrogen-bond donors (Lipinski definition) is 1. The summed E-state index contributed by atoms with van der Waals surface area (Å²) in [4.78, 5) is 2.75. The Kier molecular flexibility index (Phi) is 8.01. The van der Waals surface area contributed by atoms with Crippen molar-refractivity contribution in [1.82, 2.24) is 10.2 Å². The van der Waals surface area contributed by atoms with Gasteiger partial charge in [0, 0.05) is 24.7 Å². The Morgan fingerprint density at radius 3 is 2.37 bits per heavy atom. The molecule has 2 unspecified atom stereocenters. The first kappa shape index (κ1) is 17.0. The molecule has 1 fully saturated rings. The summed E-state index contributed by atoms with van der Waals surface area (Å²) in [5.41, 5.74) is 0.341. The van der Waals surface area contributed by atoms with Gasteiger partial charge < -0.3 is 5.32 Å². The van der Waals surface area contributed by atoms with E-state index < -0.39 is 0 Å². The SMILES string of the molecule is CCCCCCCCN1CC(C)(CC)NCC1CC. The van der Waals surface area contributed by atoms with Crippen molar-refractivity contribution >= 4 is 0 Å². The molecule has 2 nitrogen and oxygen atoms in total. The molecule has 0 aliphatic carbocycles. The van der Waals surface area contributed by atoms with E-state index in [1.165, 1.54) is 71.0 Å². The largest absolute Gasteiger partial charge is 0.309 e. The van der Waals surface area contributed by atoms with Gasteiger partial charge in [0.05, 0.1) is 0 Å². The van der Waals surface area contributed by atoms with E-state index >= 15 is 0 Å². The van der Waals surface area contributed by atoms with Crippen LogP contribution in [0.5, 0.6) is 0 Å². The molecule has 19 heavy (non-hydrogen) atoms. The Labute approximate surface area is 121 Å². The van der Waals surface area contributed by atoms with E-state index in [4.69, 9.17) is 0 Å². The molecule has 0 spiro atoms. The van der Waals surface area contributed by atoms with Crippen molar-refractivity contribution in [3.8, 4) is 0 Å². The minimum Gasteiger partial charge on any atom is -0.309 e. The van der Waals surface area contributed by atoms with Crippen LogP contribution in [0.2, 0.25) is 0 Å². The maximum absolute atomic E-state index is 3.75. The van der Waals surface area contributed by atoms with Gasteiger partial charge in [0.15, 0.2) is 0 Å². The molecule has 0 aromatic heterocycles. The fourth-order valence-electron chi connectivity index (χ4n) is 3.12. The zero-order valence-corrected chi connectivity index (χ0v) is 13.8. The average molecular weight is 268 g/mol. The molecule has 1 aliphatic rings. The lowest BCUT2D eigenvalue weighted by Crippen LogP contribution is -2.62. The van der Waals surface area contributed by atoms with Crippen LogP contribution in [0.25, 0.3) is 0 Å². The van der Waals surface area contributed by atoms with Crippen LogP contribution in [0.4, 0.5) is 0 Å². The van der Waals surface area contributed by atoms with Gasteiger partial charge in [-0.3, -0.25) is 4.90 Å². The summed E-state index contributed by atoms with van der Waals surface area (Å²) in [5, 5.41) is 3.75. The van der Waals surface area contributed by atoms with Crippen molar-refractivity contribution in [3.63, 3.8) is 0 Å². The minimum absolute atomic E-state index is 0.341. The molecule has 1 heterocycles. The highest BCUT2D eigenvalue weighted by Gasteiger charge is 2.33. The predicted molar refractivity (Wildman–Crippen MR) is 85.7 cm³/mol. The molecule has 114 valence electrons. The Morgan fingerprint density at radius 2 is 1.74 bits per heavy atom. The second-order valence-corrected chi connectivity index (χ2v) is 6.60. The topological polar surface area (TPSA) is 15.3 Å². The lowest BCUT2D eigenvalue weighted by atomic mass is 9.92. The van der Waals surface area contributed by atoms with Gasteiger partial charge in [-0.15, -0.1) is 0 Å². The summed E-state index contributed by atoms with van der Waals surface area (Å²) >= 11 is 0. The van der Waals surface area contributed by atoms with Crippen LogP contribution < -0.4 is 5.32 Å². The highest BCUT2D eigenvalue weighted by atomic mass is 15.2. The monoisotopic (exact) mass is 268 g/mol. The van der Waals surface area contributed by atoms with Crippen molar-refractivity contribution in [2.45, 2.75) is 90.6 Å². The minimum atomic E-state index is 0.341. The predicted octanol–water partition coefficient (Wildman–Crippen LogP) is 4.20. The van der Waals surface area contributed by atoms with Crippen LogP contribution in [0.3, 0.4) is 0 Å². The fourth-order valence-corrected chi connectivity index (χ4v) is 3.12. The van der Waals surface area contributed by atoms with Gasteiger partial charge in [-0.05, 0) is 32.7 Å². The van der Waals surface area contributed by atoms with Crippen LogP contribution >= 0.6 is 0 Å². The van der Waals surface area contributed by atoms with Gasteiger partial charge >= 0.3 is 0 Å². The second kappa shape index (κ2) is 8.97. The number of unbranched alkanes of at least 4 members (excludes halogenated alkanes) is 5. The van der Waals surface area contributed by atoms with Crippen LogP contribution in [0.15, 0.2) is 0 Å². The van der Waals surface area contributed by atoms with Crippen LogP contribution in [0, 0.1) is 0 Å². The summed E-state index contributed by atoms with van der Waals surface area (Å²) in [6.07, 6.45) is 11.0. The Bertz CT molecular complexity index is 229. The Balaban J connectivity index is 2.27. The van der Waals surface area contributed by atoms with Crippen molar-refractivity contribution in [3.05, 3.63) is 0 Å². The van der Waals surface area contributed by atoms with Crippen LogP contribution in [-0.4, -0.2) is 36.1 Å². The first-order valence-corrected chi connectivity index (χ1v) is 8.64. The molecule has 0 radical (unpaired) electrons. The van der Waals surface area contributed by atoms with Gasteiger partial charge in [0.2, 0.25) is 0 Å². The highest BCUT2D eigenvalue weighted by Crippen LogP contribution is 2.21. The van der Waals surface area contributed by atoms with Crippen LogP contribution in [0.1, 0.15) is 79.1 Å². The fraction of sp³-hybridized carbons (Fsp3) is 1.00. The molecule has 2 heteroatoms. The zero-order valence-electron chi connectivity index (χ0n) is 13.8. The van der Waals surface area contributed by atoms with Gasteiger partial charge in [0.25, 0.3) is 0 Å². The molecule has 1 aliphatic heterocycles. The molecular weight excluding hydrogens is 232 g/mol. The van der Waals surface area contributed by atoms with Gasteiger partial charge in [-0.2, -0.15) is 0 Å². The zero-order chi connectivity index (χ0) is 14.1. The molecule has 1 rings (SSSR count). The van der Waals surface area contributed by atoms with E-state index in [1.54, 1.807) is 0 Å². The van der Waals surface area contributed by atoms with Gasteiger partial charge in [-0.1, -0.05) is 52.9 Å². The van der Waals surface area contributed by atoms with E-state index in [0.717, 1.165) is 6.04 Å². The number of hydrogen-bond acceptors (Lipinski definition) is 2. The quantitative estimate of drug-likeness (QED) is 0.631. The molecule has 0 aromatic carbocycles. The summed E-state index contributed by atoms with van der Waals surface area (Å²) in [7, 11) is 0. The normalized spacial score (nSPS) is 28.7. The van der Waals surface area contributed by atoms with Crippen LogP contribution in [-0.2, 0) is 0 Å². The summed E-state index contributed by atoms with van der Waals surface area (Å²) in [5.74, 6) is 0. The summed E-state index contributed by atoms with van der Waals surface area (Å²) < 4.78 is 0. The van der Waals surface area contributed by atoms with Gasteiger partial charge in [-0.25, -0.2) is 0 Å².